The molecule has 0 atom stereocenters. The molecule has 0 amide bonds. The lowest BCUT2D eigenvalue weighted by molar-refractivity contribution is 0.0684. The van der Waals surface area contributed by atoms with E-state index < -0.39 is 5.97 Å². The molecule has 0 saturated heterocycles. The second kappa shape index (κ2) is 3.60. The topological polar surface area (TPSA) is 42.2 Å². The highest BCUT2D eigenvalue weighted by molar-refractivity contribution is 9.10. The quantitative estimate of drug-likeness (QED) is 0.916. The monoisotopic (exact) mass is 293 g/mol. The number of carbonyl (C=O) groups is 1. The molecule has 1 aromatic carbocycles. The van der Waals surface area contributed by atoms with Gasteiger partial charge in [-0.3, -0.25) is 0 Å². The van der Waals surface area contributed by atoms with Gasteiger partial charge < -0.3 is 9.67 Å². The van der Waals surface area contributed by atoms with E-state index in [1.807, 2.05) is 29.7 Å². The van der Waals surface area contributed by atoms with Crippen LogP contribution in [0.2, 0.25) is 0 Å². The smallest absolute Gasteiger partial charge is 0.352 e. The van der Waals surface area contributed by atoms with Crippen LogP contribution in [0.5, 0.6) is 0 Å². The van der Waals surface area contributed by atoms with Crippen LogP contribution in [0.25, 0.3) is 10.9 Å². The number of hydrogen-bond acceptors (Lipinski definition) is 1. The molecule has 4 heteroatoms. The van der Waals surface area contributed by atoms with Gasteiger partial charge in [0.1, 0.15) is 5.69 Å². The number of aromatic nitrogens is 1. The zero-order valence-corrected chi connectivity index (χ0v) is 11.0. The maximum Gasteiger partial charge on any atom is 0.352 e. The number of benzene rings is 1. The summed E-state index contributed by atoms with van der Waals surface area (Å²) < 4.78 is 2.97. The minimum absolute atomic E-state index is 0.374. The van der Waals surface area contributed by atoms with Gasteiger partial charge in [-0.05, 0) is 43.5 Å². The fraction of sp³-hybridized carbons (Fsp3) is 0.308. The van der Waals surface area contributed by atoms with Crippen molar-refractivity contribution in [3.05, 3.63) is 33.9 Å². The molecule has 0 unspecified atom stereocenters. The van der Waals surface area contributed by atoms with Crippen LogP contribution in [0.4, 0.5) is 0 Å². The normalized spacial score (nSPS) is 15.4. The van der Waals surface area contributed by atoms with Crippen LogP contribution in [-0.2, 0) is 0 Å². The van der Waals surface area contributed by atoms with E-state index in [4.69, 9.17) is 0 Å². The molecule has 0 spiro atoms. The molecule has 17 heavy (non-hydrogen) atoms. The minimum Gasteiger partial charge on any atom is -0.477 e. The zero-order chi connectivity index (χ0) is 12.2. The SMILES string of the molecule is Cc1c(C(=O)O)n(C2CC2)c2ccc(Br)cc12. The number of carboxylic acid groups (broad SMARTS) is 1. The Morgan fingerprint density at radius 2 is 2.18 bits per heavy atom. The molecule has 88 valence electrons. The molecule has 0 radical (unpaired) electrons. The van der Waals surface area contributed by atoms with Crippen LogP contribution in [0.15, 0.2) is 22.7 Å². The number of fused-ring (bicyclic) bond motifs is 1. The number of rotatable bonds is 2. The first kappa shape index (κ1) is 10.8. The van der Waals surface area contributed by atoms with Crippen LogP contribution < -0.4 is 0 Å². The number of nitrogens with zero attached hydrogens (tertiary/aromatic N) is 1. The molecule has 1 heterocycles. The molecule has 1 saturated carbocycles. The van der Waals surface area contributed by atoms with Gasteiger partial charge in [0.15, 0.2) is 0 Å². The second-order valence-electron chi connectivity index (χ2n) is 4.54. The first-order valence-corrected chi connectivity index (χ1v) is 6.42. The van der Waals surface area contributed by atoms with Crippen molar-refractivity contribution in [2.24, 2.45) is 0 Å². The average Bonchev–Trinajstić information content (AvgIpc) is 3.05. The molecule has 1 aliphatic carbocycles. The van der Waals surface area contributed by atoms with E-state index in [1.54, 1.807) is 0 Å². The Bertz CT molecular complexity index is 626. The van der Waals surface area contributed by atoms with Gasteiger partial charge in [-0.25, -0.2) is 4.79 Å². The minimum atomic E-state index is -0.832. The van der Waals surface area contributed by atoms with Crippen LogP contribution in [-0.4, -0.2) is 15.6 Å². The molecular weight excluding hydrogens is 282 g/mol. The third-order valence-corrected chi connectivity index (χ3v) is 3.83. The third kappa shape index (κ3) is 1.59. The number of aromatic carboxylic acids is 1. The summed E-state index contributed by atoms with van der Waals surface area (Å²) in [5, 5.41) is 10.4. The average molecular weight is 294 g/mol. The van der Waals surface area contributed by atoms with Crippen molar-refractivity contribution in [2.45, 2.75) is 25.8 Å². The summed E-state index contributed by atoms with van der Waals surface area (Å²) in [6.07, 6.45) is 2.17. The maximum absolute atomic E-state index is 11.4. The van der Waals surface area contributed by atoms with Crippen molar-refractivity contribution in [1.82, 2.24) is 4.57 Å². The highest BCUT2D eigenvalue weighted by atomic mass is 79.9. The number of hydrogen-bond donors (Lipinski definition) is 1. The Hall–Kier alpha value is -1.29. The van der Waals surface area contributed by atoms with E-state index in [2.05, 4.69) is 15.9 Å². The van der Waals surface area contributed by atoms with Gasteiger partial charge in [-0.1, -0.05) is 15.9 Å². The Morgan fingerprint density at radius 1 is 1.47 bits per heavy atom. The highest BCUT2D eigenvalue weighted by Gasteiger charge is 2.31. The van der Waals surface area contributed by atoms with E-state index >= 15 is 0 Å². The van der Waals surface area contributed by atoms with Gasteiger partial charge in [0.25, 0.3) is 0 Å². The summed E-state index contributed by atoms with van der Waals surface area (Å²) in [5.41, 5.74) is 2.34. The van der Waals surface area contributed by atoms with Gasteiger partial charge in [-0.2, -0.15) is 0 Å². The molecular formula is C13H12BrNO2. The Kier molecular flexibility index (Phi) is 2.30. The summed E-state index contributed by atoms with van der Waals surface area (Å²) in [6, 6.07) is 6.33. The van der Waals surface area contributed by atoms with Gasteiger partial charge >= 0.3 is 5.97 Å². The predicted octanol–water partition coefficient (Wildman–Crippen LogP) is 3.75. The lowest BCUT2D eigenvalue weighted by atomic mass is 10.1. The van der Waals surface area contributed by atoms with Crippen molar-refractivity contribution in [2.75, 3.05) is 0 Å². The molecule has 1 fully saturated rings. The molecule has 3 rings (SSSR count). The van der Waals surface area contributed by atoms with Crippen LogP contribution >= 0.6 is 15.9 Å². The summed E-state index contributed by atoms with van der Waals surface area (Å²) >= 11 is 3.43. The van der Waals surface area contributed by atoms with E-state index in [0.29, 0.717) is 11.7 Å². The second-order valence-corrected chi connectivity index (χ2v) is 5.46. The highest BCUT2D eigenvalue weighted by Crippen LogP contribution is 2.41. The van der Waals surface area contributed by atoms with Crippen molar-refractivity contribution in [3.63, 3.8) is 0 Å². The van der Waals surface area contributed by atoms with Crippen molar-refractivity contribution < 1.29 is 9.90 Å². The largest absolute Gasteiger partial charge is 0.477 e. The van der Waals surface area contributed by atoms with E-state index in [9.17, 15) is 9.90 Å². The Morgan fingerprint density at radius 3 is 2.76 bits per heavy atom. The zero-order valence-electron chi connectivity index (χ0n) is 9.40. The van der Waals surface area contributed by atoms with Gasteiger partial charge in [0.2, 0.25) is 0 Å². The van der Waals surface area contributed by atoms with Gasteiger partial charge in [0, 0.05) is 21.4 Å². The van der Waals surface area contributed by atoms with Gasteiger partial charge in [0.05, 0.1) is 0 Å². The third-order valence-electron chi connectivity index (χ3n) is 3.33. The lowest BCUT2D eigenvalue weighted by Crippen LogP contribution is -2.08. The standard InChI is InChI=1S/C13H12BrNO2/c1-7-10-6-8(14)2-5-11(10)15(9-3-4-9)12(7)13(16)17/h2,5-6,9H,3-4H2,1H3,(H,16,17). The van der Waals surface area contributed by atoms with Crippen LogP contribution in [0.3, 0.4) is 0 Å². The van der Waals surface area contributed by atoms with Crippen molar-refractivity contribution in [1.29, 1.82) is 0 Å². The molecule has 1 aromatic heterocycles. The van der Waals surface area contributed by atoms with Crippen LogP contribution in [0.1, 0.15) is 34.9 Å². The summed E-state index contributed by atoms with van der Waals surface area (Å²) in [7, 11) is 0. The first-order valence-electron chi connectivity index (χ1n) is 5.63. The summed E-state index contributed by atoms with van der Waals surface area (Å²) in [5.74, 6) is -0.832. The predicted molar refractivity (Wildman–Crippen MR) is 69.6 cm³/mol. The number of halogens is 1. The molecule has 0 bridgehead atoms. The number of carboxylic acids is 1. The first-order chi connectivity index (χ1) is 8.09. The van der Waals surface area contributed by atoms with Crippen LogP contribution in [0, 0.1) is 6.92 Å². The maximum atomic E-state index is 11.4. The molecule has 1 N–H and O–H groups in total. The lowest BCUT2D eigenvalue weighted by Gasteiger charge is -2.06. The Labute approximate surface area is 107 Å². The fourth-order valence-electron chi connectivity index (χ4n) is 2.42. The van der Waals surface area contributed by atoms with E-state index in [-0.39, 0.29) is 0 Å². The number of aryl methyl sites for hydroxylation is 1. The van der Waals surface area contributed by atoms with E-state index in [1.165, 1.54) is 0 Å². The molecule has 1 aliphatic rings. The Balaban J connectivity index is 2.40. The molecule has 0 aliphatic heterocycles. The fourth-order valence-corrected chi connectivity index (χ4v) is 2.78. The van der Waals surface area contributed by atoms with Crippen molar-refractivity contribution >= 4 is 32.8 Å². The summed E-state index contributed by atoms with van der Waals surface area (Å²) in [6.45, 7) is 1.89. The van der Waals surface area contributed by atoms with Crippen molar-refractivity contribution in [3.8, 4) is 0 Å². The van der Waals surface area contributed by atoms with E-state index in [0.717, 1.165) is 33.8 Å². The summed E-state index contributed by atoms with van der Waals surface area (Å²) in [4.78, 5) is 11.4. The van der Waals surface area contributed by atoms with Gasteiger partial charge in [-0.15, -0.1) is 0 Å². The molecule has 2 aromatic rings. The molecule has 3 nitrogen and oxygen atoms in total.